The molecule has 0 aliphatic carbocycles. The van der Waals surface area contributed by atoms with Crippen LogP contribution in [0.25, 0.3) is 0 Å². The van der Waals surface area contributed by atoms with Crippen molar-refractivity contribution < 1.29 is 74.9 Å². The molecule has 0 heterocycles. The van der Waals surface area contributed by atoms with Gasteiger partial charge in [-0.25, -0.2) is 9.59 Å². The van der Waals surface area contributed by atoms with E-state index in [0.29, 0.717) is 64.7 Å². The number of rotatable bonds is 58. The predicted molar refractivity (Wildman–Crippen MR) is 359 cm³/mol. The molecule has 0 aromatic rings. The quantitative estimate of drug-likeness (QED) is 0.00887. The van der Waals surface area contributed by atoms with E-state index in [1.54, 1.807) is 4.90 Å². The van der Waals surface area contributed by atoms with E-state index in [0.717, 1.165) is 50.7 Å². The fraction of sp³-hybridized carbons (Fsp3) is 0.818. The predicted octanol–water partition coefficient (Wildman–Crippen LogP) is 11.3. The van der Waals surface area contributed by atoms with E-state index in [1.807, 2.05) is 0 Å². The van der Waals surface area contributed by atoms with Crippen LogP contribution in [-0.2, 0) is 38.4 Å². The van der Waals surface area contributed by atoms with Gasteiger partial charge in [0.25, 0.3) is 0 Å². The lowest BCUT2D eigenvalue weighted by Crippen LogP contribution is -2.52. The Morgan fingerprint density at radius 1 is 0.415 bits per heavy atom. The molecule has 0 saturated heterocycles. The van der Waals surface area contributed by atoms with Gasteiger partial charge in [-0.15, -0.1) is 0 Å². The van der Waals surface area contributed by atoms with Crippen LogP contribution in [0.5, 0.6) is 0 Å². The minimum Gasteiger partial charge on any atom is -0.475 e. The molecule has 548 valence electrons. The summed E-state index contributed by atoms with van der Waals surface area (Å²) < 4.78 is 63.5. The van der Waals surface area contributed by atoms with Gasteiger partial charge in [0.1, 0.15) is 12.1 Å². The van der Waals surface area contributed by atoms with E-state index in [4.69, 9.17) is 48.5 Å². The van der Waals surface area contributed by atoms with Crippen LogP contribution >= 0.6 is 0 Å². The molecule has 0 fully saturated rings. The van der Waals surface area contributed by atoms with Gasteiger partial charge in [-0.05, 0) is 51.4 Å². The van der Waals surface area contributed by atoms with Gasteiger partial charge in [-0.2, -0.15) is 26.3 Å². The van der Waals surface area contributed by atoms with Crippen molar-refractivity contribution in [2.45, 2.75) is 308 Å². The summed E-state index contributed by atoms with van der Waals surface area (Å²) in [6, 6.07) is -2.17. The van der Waals surface area contributed by atoms with Crippen LogP contribution in [0.15, 0.2) is 22.1 Å². The summed E-state index contributed by atoms with van der Waals surface area (Å²) in [5.41, 5.74) is 27.3. The van der Waals surface area contributed by atoms with E-state index in [-0.39, 0.29) is 49.7 Å². The number of nitrogens with one attached hydrogen (secondary N) is 4. The number of carboxylic acids is 2. The first-order chi connectivity index (χ1) is 44.7. The molecule has 28 heteroatoms. The second-order valence-electron chi connectivity index (χ2n) is 23.9. The minimum atomic E-state index is -5.08. The maximum Gasteiger partial charge on any atom is 0.490 e. The summed E-state index contributed by atoms with van der Waals surface area (Å²) in [5.74, 6) is -8.33. The van der Waals surface area contributed by atoms with E-state index in [1.165, 1.54) is 180 Å². The Kier molecular flexibility index (Phi) is 61.3. The summed E-state index contributed by atoms with van der Waals surface area (Å²) in [6.07, 6.45) is 38.5. The minimum absolute atomic E-state index is 0.00677. The van der Waals surface area contributed by atoms with Crippen LogP contribution in [0, 0.1) is 0 Å². The number of guanidine groups is 2. The highest BCUT2D eigenvalue weighted by atomic mass is 19.4. The molecule has 16 N–H and O–H groups in total. The molecule has 0 rings (SSSR count). The fourth-order valence-electron chi connectivity index (χ4n) is 9.83. The second kappa shape index (κ2) is 62.7. The third kappa shape index (κ3) is 65.7. The number of hydrogen-bond donors (Lipinski definition) is 11. The second-order valence-corrected chi connectivity index (χ2v) is 23.9. The molecular weight excluding hydrogens is 1230 g/mol. The van der Waals surface area contributed by atoms with Gasteiger partial charge < -0.3 is 65.0 Å². The van der Waals surface area contributed by atoms with Crippen molar-refractivity contribution in [2.24, 2.45) is 38.7 Å². The summed E-state index contributed by atoms with van der Waals surface area (Å²) in [5, 5.41) is 25.5. The molecule has 0 aromatic carbocycles. The van der Waals surface area contributed by atoms with Gasteiger partial charge in [0, 0.05) is 64.3 Å². The van der Waals surface area contributed by atoms with Gasteiger partial charge in [0.15, 0.2) is 11.9 Å². The highest BCUT2D eigenvalue weighted by Crippen LogP contribution is 2.18. The molecule has 0 bridgehead atoms. The summed E-state index contributed by atoms with van der Waals surface area (Å²) in [6.45, 7) is 6.33. The zero-order chi connectivity index (χ0) is 71.1. The van der Waals surface area contributed by atoms with E-state index >= 15 is 0 Å². The van der Waals surface area contributed by atoms with Gasteiger partial charge in [0.2, 0.25) is 35.4 Å². The molecular formula is C66H122F6N12O10. The highest BCUT2D eigenvalue weighted by Gasteiger charge is 2.39. The zero-order valence-corrected chi connectivity index (χ0v) is 56.9. The first-order valence-corrected chi connectivity index (χ1v) is 34.8. The Hall–Kier alpha value is -6.38. The van der Waals surface area contributed by atoms with Gasteiger partial charge >= 0.3 is 24.3 Å². The number of hydrogen-bond acceptors (Lipinski definition) is 10. The van der Waals surface area contributed by atoms with Gasteiger partial charge in [0.05, 0.1) is 0 Å². The first-order valence-electron chi connectivity index (χ1n) is 34.8. The molecule has 2 atom stereocenters. The average molecular weight is 1360 g/mol. The number of alkyl halides is 6. The lowest BCUT2D eigenvalue weighted by atomic mass is 10.0. The third-order valence-electron chi connectivity index (χ3n) is 15.2. The molecule has 0 aliphatic heterocycles. The summed E-state index contributed by atoms with van der Waals surface area (Å²) in [4.78, 5) is 105. The number of unbranched alkanes of at least 4 members (excludes halogenated alkanes) is 32. The SMILES string of the molecule is CCCCCCCCCCCCCCCCCCCC(=O)NCCCN(CCCNC(=O)CCCCCCCCCCCCCCCCCCC)C(=O)/C=C\C(=O)N[C@@H](CCCN=C(N)N)C(=O)N[C@@H](CCCN=C(N)N)C(N)=O.O=C(O)C(F)(F)F.O=C(O)C(F)(F)F. The standard InChI is InChI=1S/C62H120N12O6.2C2HF3O2/c1-3-5-7-9-11-13-15-17-19-21-23-25-27-29-31-33-35-43-55(75)68-49-39-51-74(52-40-50-69-56(76)44-36-34-32-30-28-26-24-22-20-18-16-14-12-10-8-6-4-2)58(78)46-45-57(77)72-54(42-38-48-71-62(66)67)60(80)73-53(59(63)79)41-37-47-70-61(64)65;2*3-2(4,5)1(6)7/h45-46,53-54H,3-44,47-52H2,1-2H3,(H2,63,79)(H,68,75)(H,69,76)(H,72,77)(H,73,80)(H4,64,65,70)(H4,66,67,71);2*(H,6,7)/b46-45-;;/t53-,54-;;/m0../s1. The van der Waals surface area contributed by atoms with Crippen molar-refractivity contribution in [3.8, 4) is 0 Å². The van der Waals surface area contributed by atoms with Crippen molar-refractivity contribution in [2.75, 3.05) is 39.3 Å². The van der Waals surface area contributed by atoms with Crippen molar-refractivity contribution in [3.63, 3.8) is 0 Å². The van der Waals surface area contributed by atoms with Crippen LogP contribution in [0.1, 0.15) is 284 Å². The third-order valence-corrected chi connectivity index (χ3v) is 15.2. The fourth-order valence-corrected chi connectivity index (χ4v) is 9.83. The number of carbonyl (C=O) groups excluding carboxylic acids is 6. The number of carboxylic acid groups (broad SMARTS) is 2. The maximum absolute atomic E-state index is 13.6. The summed E-state index contributed by atoms with van der Waals surface area (Å²) in [7, 11) is 0. The molecule has 0 aliphatic rings. The number of nitrogens with two attached hydrogens (primary N) is 5. The average Bonchev–Trinajstić information content (AvgIpc) is 2.11. The topological polar surface area (TPSA) is 383 Å². The largest absolute Gasteiger partial charge is 0.490 e. The Morgan fingerprint density at radius 2 is 0.702 bits per heavy atom. The van der Waals surface area contributed by atoms with Gasteiger partial charge in [-0.3, -0.25) is 38.8 Å². The number of nitrogens with zero attached hydrogens (tertiary/aromatic N) is 3. The molecule has 0 spiro atoms. The Bertz CT molecular complexity index is 2000. The Morgan fingerprint density at radius 3 is 0.979 bits per heavy atom. The molecule has 0 radical (unpaired) electrons. The molecule has 0 unspecified atom stereocenters. The Labute approximate surface area is 556 Å². The van der Waals surface area contributed by atoms with Gasteiger partial charge in [-0.1, -0.05) is 219 Å². The van der Waals surface area contributed by atoms with Crippen LogP contribution < -0.4 is 49.9 Å². The zero-order valence-electron chi connectivity index (χ0n) is 56.9. The summed E-state index contributed by atoms with van der Waals surface area (Å²) >= 11 is 0. The lowest BCUT2D eigenvalue weighted by molar-refractivity contribution is -0.193. The van der Waals surface area contributed by atoms with Crippen LogP contribution in [-0.4, -0.2) is 138 Å². The van der Waals surface area contributed by atoms with E-state index < -0.39 is 60.0 Å². The van der Waals surface area contributed by atoms with Crippen LogP contribution in [0.3, 0.4) is 0 Å². The molecule has 94 heavy (non-hydrogen) atoms. The van der Waals surface area contributed by atoms with E-state index in [9.17, 15) is 55.1 Å². The molecule has 22 nitrogen and oxygen atoms in total. The normalized spacial score (nSPS) is 11.8. The number of amides is 6. The maximum atomic E-state index is 13.6. The number of primary amides is 1. The number of aliphatic imine (C=N–C) groups is 2. The van der Waals surface area contributed by atoms with Crippen molar-refractivity contribution >= 4 is 59.3 Å². The number of aliphatic carboxylic acids is 2. The smallest absolute Gasteiger partial charge is 0.475 e. The first kappa shape index (κ1) is 91.8. The highest BCUT2D eigenvalue weighted by molar-refractivity contribution is 5.99. The monoisotopic (exact) mass is 1360 g/mol. The van der Waals surface area contributed by atoms with Crippen molar-refractivity contribution in [1.29, 1.82) is 0 Å². The van der Waals surface area contributed by atoms with E-state index in [2.05, 4.69) is 45.1 Å². The van der Waals surface area contributed by atoms with Crippen molar-refractivity contribution in [1.82, 2.24) is 26.2 Å². The number of halogens is 6. The van der Waals surface area contributed by atoms with Crippen LogP contribution in [0.2, 0.25) is 0 Å². The molecule has 6 amide bonds. The Balaban J connectivity index is -0.00000526. The molecule has 0 saturated carbocycles. The lowest BCUT2D eigenvalue weighted by Gasteiger charge is -2.22. The van der Waals surface area contributed by atoms with Crippen LogP contribution in [0.4, 0.5) is 26.3 Å². The number of carbonyl (C=O) groups is 8. The van der Waals surface area contributed by atoms with Crippen molar-refractivity contribution in [3.05, 3.63) is 12.2 Å². The molecule has 0 aromatic heterocycles.